The van der Waals surface area contributed by atoms with E-state index in [1.807, 2.05) is 12.3 Å². The van der Waals surface area contributed by atoms with Crippen molar-refractivity contribution in [2.24, 2.45) is 5.92 Å². The predicted molar refractivity (Wildman–Crippen MR) is 74.9 cm³/mol. The van der Waals surface area contributed by atoms with Crippen LogP contribution >= 0.6 is 11.3 Å². The minimum Gasteiger partial charge on any atom is -0.311 e. The van der Waals surface area contributed by atoms with Crippen LogP contribution in [0.15, 0.2) is 5.38 Å². The summed E-state index contributed by atoms with van der Waals surface area (Å²) in [5.74, 6) is 1.02. The Morgan fingerprint density at radius 2 is 2.39 bits per heavy atom. The van der Waals surface area contributed by atoms with Gasteiger partial charge in [0.25, 0.3) is 0 Å². The van der Waals surface area contributed by atoms with Crippen molar-refractivity contribution in [1.82, 2.24) is 10.3 Å². The zero-order valence-electron chi connectivity index (χ0n) is 11.1. The van der Waals surface area contributed by atoms with Crippen molar-refractivity contribution in [3.8, 4) is 0 Å². The van der Waals surface area contributed by atoms with E-state index in [-0.39, 0.29) is 5.91 Å². The van der Waals surface area contributed by atoms with E-state index in [2.05, 4.69) is 10.3 Å². The van der Waals surface area contributed by atoms with Gasteiger partial charge in [0.2, 0.25) is 5.91 Å². The van der Waals surface area contributed by atoms with Gasteiger partial charge in [-0.1, -0.05) is 12.8 Å². The molecular weight excluding hydrogens is 246 g/mol. The number of aromatic nitrogens is 1. The number of anilines is 1. The maximum absolute atomic E-state index is 11.4. The summed E-state index contributed by atoms with van der Waals surface area (Å²) in [6.07, 6.45) is 4.10. The summed E-state index contributed by atoms with van der Waals surface area (Å²) >= 11 is 1.54. The highest BCUT2D eigenvalue weighted by Gasteiger charge is 2.20. The minimum absolute atomic E-state index is 0.0556. The van der Waals surface area contributed by atoms with Crippen LogP contribution in [-0.2, 0) is 11.3 Å². The molecule has 1 N–H and O–H groups in total. The van der Waals surface area contributed by atoms with Crippen LogP contribution in [0.4, 0.5) is 5.13 Å². The molecule has 2 rings (SSSR count). The summed E-state index contributed by atoms with van der Waals surface area (Å²) < 4.78 is 0. The molecule has 1 fully saturated rings. The van der Waals surface area contributed by atoms with Crippen LogP contribution in [0.1, 0.15) is 38.8 Å². The van der Waals surface area contributed by atoms with Crippen LogP contribution < -0.4 is 10.2 Å². The average Bonchev–Trinajstić information content (AvgIpc) is 3.05. The predicted octanol–water partition coefficient (Wildman–Crippen LogP) is 2.41. The lowest BCUT2D eigenvalue weighted by Crippen LogP contribution is -2.27. The van der Waals surface area contributed by atoms with Crippen molar-refractivity contribution >= 4 is 22.4 Å². The van der Waals surface area contributed by atoms with E-state index < -0.39 is 0 Å². The van der Waals surface area contributed by atoms with Gasteiger partial charge in [0.15, 0.2) is 5.13 Å². The van der Waals surface area contributed by atoms with E-state index in [4.69, 9.17) is 0 Å². The minimum atomic E-state index is 0.0556. The van der Waals surface area contributed by atoms with E-state index in [0.29, 0.717) is 6.54 Å². The molecule has 1 amide bonds. The molecule has 1 aliphatic carbocycles. The van der Waals surface area contributed by atoms with E-state index >= 15 is 0 Å². The number of carbonyl (C=O) groups excluding carboxylic acids is 1. The smallest absolute Gasteiger partial charge is 0.225 e. The van der Waals surface area contributed by atoms with Gasteiger partial charge in [-0.3, -0.25) is 9.69 Å². The van der Waals surface area contributed by atoms with Gasteiger partial charge in [-0.15, -0.1) is 11.3 Å². The van der Waals surface area contributed by atoms with Crippen molar-refractivity contribution < 1.29 is 4.79 Å². The van der Waals surface area contributed by atoms with Crippen molar-refractivity contribution in [1.29, 1.82) is 0 Å². The second-order valence-electron chi connectivity index (χ2n) is 4.79. The van der Waals surface area contributed by atoms with Crippen LogP contribution in [0.5, 0.6) is 0 Å². The Kier molecular flexibility index (Phi) is 4.72. The second kappa shape index (κ2) is 6.29. The van der Waals surface area contributed by atoms with Gasteiger partial charge >= 0.3 is 0 Å². The number of rotatable bonds is 7. The van der Waals surface area contributed by atoms with Gasteiger partial charge in [-0.05, 0) is 25.8 Å². The number of nitrogens with one attached hydrogen (secondary N) is 1. The molecule has 0 unspecified atom stereocenters. The second-order valence-corrected chi connectivity index (χ2v) is 5.63. The van der Waals surface area contributed by atoms with E-state index in [9.17, 15) is 4.79 Å². The quantitative estimate of drug-likeness (QED) is 0.772. The van der Waals surface area contributed by atoms with Crippen LogP contribution in [0.2, 0.25) is 0 Å². The molecule has 1 aromatic rings. The molecule has 1 heterocycles. The number of thiazole rings is 1. The molecule has 4 nitrogen and oxygen atoms in total. The molecule has 1 aromatic heterocycles. The number of nitrogens with zero attached hydrogens (tertiary/aromatic N) is 2. The molecule has 0 atom stereocenters. The van der Waals surface area contributed by atoms with E-state index in [1.54, 1.807) is 23.2 Å². The molecule has 0 saturated heterocycles. The summed E-state index contributed by atoms with van der Waals surface area (Å²) in [5.41, 5.74) is 1.03. The molecule has 100 valence electrons. The molecular formula is C13H21N3OS. The van der Waals surface area contributed by atoms with Crippen LogP contribution in [0.3, 0.4) is 0 Å². The van der Waals surface area contributed by atoms with E-state index in [1.165, 1.54) is 19.3 Å². The lowest BCUT2D eigenvalue weighted by molar-refractivity contribution is -0.116. The Hall–Kier alpha value is -0.940. The molecule has 5 heteroatoms. The maximum atomic E-state index is 11.4. The first kappa shape index (κ1) is 13.5. The van der Waals surface area contributed by atoms with Gasteiger partial charge in [-0.2, -0.15) is 0 Å². The van der Waals surface area contributed by atoms with E-state index in [0.717, 1.165) is 29.8 Å². The number of hydrogen-bond donors (Lipinski definition) is 1. The highest BCUT2D eigenvalue weighted by Crippen LogP contribution is 2.31. The molecule has 0 bridgehead atoms. The van der Waals surface area contributed by atoms with Crippen LogP contribution in [0, 0.1) is 5.92 Å². The van der Waals surface area contributed by atoms with Crippen molar-refractivity contribution in [2.75, 3.05) is 18.0 Å². The Labute approximate surface area is 112 Å². The molecule has 0 spiro atoms. The molecule has 0 radical (unpaired) electrons. The Bertz CT molecular complexity index is 401. The summed E-state index contributed by atoms with van der Waals surface area (Å²) in [6, 6.07) is 0. The average molecular weight is 267 g/mol. The number of amides is 1. The van der Waals surface area contributed by atoms with Crippen molar-refractivity contribution in [3.63, 3.8) is 0 Å². The largest absolute Gasteiger partial charge is 0.311 e. The van der Waals surface area contributed by atoms with Crippen LogP contribution in [-0.4, -0.2) is 24.0 Å². The van der Waals surface area contributed by atoms with Gasteiger partial charge < -0.3 is 5.32 Å². The van der Waals surface area contributed by atoms with Gasteiger partial charge in [0.1, 0.15) is 0 Å². The Morgan fingerprint density at radius 1 is 1.61 bits per heavy atom. The third-order valence-corrected chi connectivity index (χ3v) is 4.11. The van der Waals surface area contributed by atoms with Gasteiger partial charge in [-0.25, -0.2) is 4.98 Å². The van der Waals surface area contributed by atoms with Crippen molar-refractivity contribution in [3.05, 3.63) is 11.1 Å². The highest BCUT2D eigenvalue weighted by molar-refractivity contribution is 7.14. The standard InChI is InChI=1S/C13H21N3OS/c1-3-16(10(2)17)13-15-12(9-18-13)8-14-7-6-11-4-5-11/h9,11,14H,3-8H2,1-2H3. The fourth-order valence-corrected chi connectivity index (χ4v) is 2.86. The maximum Gasteiger partial charge on any atom is 0.225 e. The summed E-state index contributed by atoms with van der Waals surface area (Å²) in [7, 11) is 0. The van der Waals surface area contributed by atoms with Gasteiger partial charge in [0, 0.05) is 25.4 Å². The molecule has 0 aromatic carbocycles. The Morgan fingerprint density at radius 3 is 3.00 bits per heavy atom. The zero-order valence-corrected chi connectivity index (χ0v) is 11.9. The first-order valence-electron chi connectivity index (χ1n) is 6.64. The number of hydrogen-bond acceptors (Lipinski definition) is 4. The zero-order chi connectivity index (χ0) is 13.0. The summed E-state index contributed by atoms with van der Waals surface area (Å²) in [6.45, 7) is 6.10. The van der Waals surface area contributed by atoms with Gasteiger partial charge in [0.05, 0.1) is 5.69 Å². The molecule has 1 aliphatic rings. The highest BCUT2D eigenvalue weighted by atomic mass is 32.1. The fraction of sp³-hybridized carbons (Fsp3) is 0.692. The first-order chi connectivity index (χ1) is 8.70. The summed E-state index contributed by atoms with van der Waals surface area (Å²) in [4.78, 5) is 17.6. The molecule has 18 heavy (non-hydrogen) atoms. The topological polar surface area (TPSA) is 45.2 Å². The SMILES string of the molecule is CCN(C(C)=O)c1nc(CNCCC2CC2)cs1. The lowest BCUT2D eigenvalue weighted by atomic mass is 10.3. The fourth-order valence-electron chi connectivity index (χ4n) is 1.92. The monoisotopic (exact) mass is 267 g/mol. The third kappa shape index (κ3) is 3.78. The first-order valence-corrected chi connectivity index (χ1v) is 7.52. The molecule has 1 saturated carbocycles. The summed E-state index contributed by atoms with van der Waals surface area (Å²) in [5, 5.41) is 6.26. The van der Waals surface area contributed by atoms with Crippen molar-refractivity contribution in [2.45, 2.75) is 39.7 Å². The Balaban J connectivity index is 1.78. The number of carbonyl (C=O) groups is 1. The lowest BCUT2D eigenvalue weighted by Gasteiger charge is -2.14. The normalized spacial score (nSPS) is 14.8. The van der Waals surface area contributed by atoms with Crippen LogP contribution in [0.25, 0.3) is 0 Å². The third-order valence-electron chi connectivity index (χ3n) is 3.20. The molecule has 0 aliphatic heterocycles.